The maximum Gasteiger partial charge on any atom is 0.189 e. The summed E-state index contributed by atoms with van der Waals surface area (Å²) in [6.07, 6.45) is 0. The van der Waals surface area contributed by atoms with Gasteiger partial charge in [0.05, 0.1) is 19.8 Å². The number of ether oxygens (including phenoxy) is 3. The summed E-state index contributed by atoms with van der Waals surface area (Å²) in [5, 5.41) is 0. The van der Waals surface area contributed by atoms with Gasteiger partial charge in [-0.25, -0.2) is 0 Å². The van der Waals surface area contributed by atoms with Gasteiger partial charge in [-0.1, -0.05) is 34.1 Å². The highest BCUT2D eigenvalue weighted by atomic mass is 79.9. The van der Waals surface area contributed by atoms with Gasteiger partial charge in [-0.2, -0.15) is 0 Å². The molecule has 0 saturated heterocycles. The lowest BCUT2D eigenvalue weighted by molar-refractivity contribution is -0.0185. The minimum atomic E-state index is 0.272. The van der Waals surface area contributed by atoms with Crippen LogP contribution in [-0.4, -0.2) is 6.79 Å². The lowest BCUT2D eigenvalue weighted by Gasteiger charge is -2.21. The first kappa shape index (κ1) is 14.4. The summed E-state index contributed by atoms with van der Waals surface area (Å²) in [6, 6.07) is 11.8. The SMILES string of the molecule is Nc1cc2c(c(COCc3ccccc3Br)c1)OCOC2. The monoisotopic (exact) mass is 349 g/mol. The number of rotatable bonds is 4. The van der Waals surface area contributed by atoms with Gasteiger partial charge < -0.3 is 19.9 Å². The second-order valence-corrected chi connectivity index (χ2v) is 5.72. The molecule has 0 atom stereocenters. The van der Waals surface area contributed by atoms with Crippen molar-refractivity contribution in [3.8, 4) is 5.75 Å². The van der Waals surface area contributed by atoms with Crippen molar-refractivity contribution in [2.45, 2.75) is 19.8 Å². The molecule has 1 aliphatic heterocycles. The van der Waals surface area contributed by atoms with Crippen molar-refractivity contribution in [3.63, 3.8) is 0 Å². The van der Waals surface area contributed by atoms with Gasteiger partial charge in [0.25, 0.3) is 0 Å². The first-order valence-electron chi connectivity index (χ1n) is 6.67. The third-order valence-corrected chi connectivity index (χ3v) is 4.06. The molecule has 0 saturated carbocycles. The highest BCUT2D eigenvalue weighted by molar-refractivity contribution is 9.10. The number of nitrogens with two attached hydrogens (primary N) is 1. The predicted molar refractivity (Wildman–Crippen MR) is 83.8 cm³/mol. The zero-order chi connectivity index (χ0) is 14.7. The summed E-state index contributed by atoms with van der Waals surface area (Å²) in [5.41, 5.74) is 9.65. The molecular weight excluding hydrogens is 334 g/mol. The maximum atomic E-state index is 5.92. The Labute approximate surface area is 131 Å². The van der Waals surface area contributed by atoms with Crippen LogP contribution in [0.5, 0.6) is 5.75 Å². The molecule has 1 heterocycles. The van der Waals surface area contributed by atoms with Gasteiger partial charge in [-0.3, -0.25) is 0 Å². The molecule has 0 spiro atoms. The van der Waals surface area contributed by atoms with E-state index in [9.17, 15) is 0 Å². The number of fused-ring (bicyclic) bond motifs is 1. The van der Waals surface area contributed by atoms with Gasteiger partial charge >= 0.3 is 0 Å². The Morgan fingerprint density at radius 1 is 1.14 bits per heavy atom. The van der Waals surface area contributed by atoms with Crippen LogP contribution in [0.1, 0.15) is 16.7 Å². The molecule has 5 heteroatoms. The van der Waals surface area contributed by atoms with Crippen LogP contribution in [0.25, 0.3) is 0 Å². The minimum Gasteiger partial charge on any atom is -0.467 e. The number of halogens is 1. The second-order valence-electron chi connectivity index (χ2n) is 4.86. The zero-order valence-corrected chi connectivity index (χ0v) is 13.1. The summed E-state index contributed by atoms with van der Waals surface area (Å²) in [5.74, 6) is 0.836. The topological polar surface area (TPSA) is 53.7 Å². The lowest BCUT2D eigenvalue weighted by atomic mass is 10.1. The van der Waals surface area contributed by atoms with E-state index in [-0.39, 0.29) is 6.79 Å². The second kappa shape index (κ2) is 6.47. The normalized spacial score (nSPS) is 13.6. The van der Waals surface area contributed by atoms with Crippen molar-refractivity contribution >= 4 is 21.6 Å². The van der Waals surface area contributed by atoms with Crippen molar-refractivity contribution in [3.05, 3.63) is 57.6 Å². The molecule has 0 amide bonds. The Balaban J connectivity index is 1.71. The number of benzene rings is 2. The Hall–Kier alpha value is -1.56. The van der Waals surface area contributed by atoms with Crippen LogP contribution in [0, 0.1) is 0 Å². The van der Waals surface area contributed by atoms with Crippen molar-refractivity contribution in [1.29, 1.82) is 0 Å². The van der Waals surface area contributed by atoms with E-state index in [1.54, 1.807) is 0 Å². The van der Waals surface area contributed by atoms with Crippen molar-refractivity contribution in [2.24, 2.45) is 0 Å². The smallest absolute Gasteiger partial charge is 0.189 e. The Morgan fingerprint density at radius 2 is 1.95 bits per heavy atom. The van der Waals surface area contributed by atoms with Crippen molar-refractivity contribution in [1.82, 2.24) is 0 Å². The Kier molecular flexibility index (Phi) is 4.43. The first-order valence-corrected chi connectivity index (χ1v) is 7.46. The lowest BCUT2D eigenvalue weighted by Crippen LogP contribution is -2.14. The van der Waals surface area contributed by atoms with Crippen molar-refractivity contribution < 1.29 is 14.2 Å². The molecule has 0 unspecified atom stereocenters. The third-order valence-electron chi connectivity index (χ3n) is 3.28. The number of hydrogen-bond donors (Lipinski definition) is 1. The molecule has 0 fully saturated rings. The van der Waals surface area contributed by atoms with Crippen molar-refractivity contribution in [2.75, 3.05) is 12.5 Å². The van der Waals surface area contributed by atoms with Crippen LogP contribution in [0.3, 0.4) is 0 Å². The summed E-state index contributed by atoms with van der Waals surface area (Å²) in [6.45, 7) is 1.78. The maximum absolute atomic E-state index is 5.92. The van der Waals surface area contributed by atoms with Crippen LogP contribution in [0.15, 0.2) is 40.9 Å². The van der Waals surface area contributed by atoms with E-state index in [0.29, 0.717) is 25.5 Å². The zero-order valence-electron chi connectivity index (χ0n) is 11.5. The van der Waals surface area contributed by atoms with E-state index in [1.807, 2.05) is 36.4 Å². The van der Waals surface area contributed by atoms with Crippen LogP contribution >= 0.6 is 15.9 Å². The molecule has 2 aromatic rings. The van der Waals surface area contributed by atoms with E-state index in [1.165, 1.54) is 0 Å². The molecule has 110 valence electrons. The van der Waals surface area contributed by atoms with Gasteiger partial charge in [-0.15, -0.1) is 0 Å². The van der Waals surface area contributed by atoms with Gasteiger partial charge in [0.1, 0.15) is 5.75 Å². The first-order chi connectivity index (χ1) is 10.2. The molecule has 0 aliphatic carbocycles. The highest BCUT2D eigenvalue weighted by Gasteiger charge is 2.16. The molecule has 21 heavy (non-hydrogen) atoms. The van der Waals surface area contributed by atoms with Crippen LogP contribution in [-0.2, 0) is 29.3 Å². The van der Waals surface area contributed by atoms with E-state index in [0.717, 1.165) is 26.9 Å². The van der Waals surface area contributed by atoms with Crippen LogP contribution in [0.2, 0.25) is 0 Å². The van der Waals surface area contributed by atoms with E-state index in [2.05, 4.69) is 15.9 Å². The predicted octanol–water partition coefficient (Wildman–Crippen LogP) is 3.61. The molecule has 0 radical (unpaired) electrons. The Morgan fingerprint density at radius 3 is 2.81 bits per heavy atom. The Bertz CT molecular complexity index is 645. The fourth-order valence-electron chi connectivity index (χ4n) is 2.32. The standard InChI is InChI=1S/C16H16BrNO3/c17-15-4-2-1-3-11(15)7-19-8-12-5-14(18)6-13-9-20-10-21-16(12)13/h1-6H,7-10,18H2. The molecule has 4 nitrogen and oxygen atoms in total. The van der Waals surface area contributed by atoms with E-state index in [4.69, 9.17) is 19.9 Å². The van der Waals surface area contributed by atoms with Gasteiger partial charge in [0.2, 0.25) is 0 Å². The number of nitrogen functional groups attached to an aromatic ring is 1. The largest absolute Gasteiger partial charge is 0.467 e. The summed E-state index contributed by atoms with van der Waals surface area (Å²) in [4.78, 5) is 0. The van der Waals surface area contributed by atoms with E-state index >= 15 is 0 Å². The summed E-state index contributed by atoms with van der Waals surface area (Å²) in [7, 11) is 0. The highest BCUT2D eigenvalue weighted by Crippen LogP contribution is 2.31. The number of hydrogen-bond acceptors (Lipinski definition) is 4. The average Bonchev–Trinajstić information content (AvgIpc) is 2.49. The van der Waals surface area contributed by atoms with Crippen LogP contribution in [0.4, 0.5) is 5.69 Å². The van der Waals surface area contributed by atoms with Gasteiger partial charge in [0, 0.05) is 21.3 Å². The molecule has 0 bridgehead atoms. The molecule has 1 aliphatic rings. The quantitative estimate of drug-likeness (QED) is 0.856. The fourth-order valence-corrected chi connectivity index (χ4v) is 2.72. The van der Waals surface area contributed by atoms with E-state index < -0.39 is 0 Å². The molecule has 0 aromatic heterocycles. The third kappa shape index (κ3) is 3.37. The summed E-state index contributed by atoms with van der Waals surface area (Å²) >= 11 is 3.51. The summed E-state index contributed by atoms with van der Waals surface area (Å²) < 4.78 is 17.7. The van der Waals surface area contributed by atoms with Gasteiger partial charge in [-0.05, 0) is 23.8 Å². The molecule has 2 N–H and O–H groups in total. The number of anilines is 1. The molecule has 2 aromatic carbocycles. The minimum absolute atomic E-state index is 0.272. The molecule has 3 rings (SSSR count). The molecular formula is C16H16BrNO3. The average molecular weight is 350 g/mol. The van der Waals surface area contributed by atoms with Gasteiger partial charge in [0.15, 0.2) is 6.79 Å². The van der Waals surface area contributed by atoms with Crippen LogP contribution < -0.4 is 10.5 Å². The fraction of sp³-hybridized carbons (Fsp3) is 0.250.